The molecule has 0 aliphatic carbocycles. The van der Waals surface area contributed by atoms with Crippen LogP contribution in [0.1, 0.15) is 9.67 Å². The van der Waals surface area contributed by atoms with Gasteiger partial charge in [-0.2, -0.15) is 0 Å². The number of methoxy groups -OCH3 is 1. The fourth-order valence-electron chi connectivity index (χ4n) is 1.42. The lowest BCUT2D eigenvalue weighted by Crippen LogP contribution is -2.10. The van der Waals surface area contributed by atoms with Crippen molar-refractivity contribution in [2.75, 3.05) is 18.2 Å². The highest BCUT2D eigenvalue weighted by Crippen LogP contribution is 2.26. The third-order valence-corrected chi connectivity index (χ3v) is 3.52. The van der Waals surface area contributed by atoms with Gasteiger partial charge in [0.15, 0.2) is 0 Å². The van der Waals surface area contributed by atoms with Crippen molar-refractivity contribution in [2.45, 2.75) is 0 Å². The average Bonchev–Trinajstić information content (AvgIpc) is 2.78. The number of ether oxygens (including phenoxy) is 1. The van der Waals surface area contributed by atoms with Crippen molar-refractivity contribution in [3.63, 3.8) is 0 Å². The van der Waals surface area contributed by atoms with Crippen LogP contribution in [0.25, 0.3) is 0 Å². The SMILES string of the molecule is COc1cc(NC(=O)c2ccc(Cl)s2)ccc1N. The number of hydrogen-bond donors (Lipinski definition) is 2. The molecule has 0 bridgehead atoms. The van der Waals surface area contributed by atoms with Gasteiger partial charge in [0.2, 0.25) is 0 Å². The molecule has 0 aliphatic rings. The first-order valence-electron chi connectivity index (χ1n) is 5.10. The normalized spacial score (nSPS) is 10.1. The minimum Gasteiger partial charge on any atom is -0.495 e. The van der Waals surface area contributed by atoms with E-state index in [1.165, 1.54) is 18.4 Å². The van der Waals surface area contributed by atoms with Crippen molar-refractivity contribution in [3.05, 3.63) is 39.5 Å². The molecule has 1 aromatic carbocycles. The number of benzene rings is 1. The molecule has 18 heavy (non-hydrogen) atoms. The smallest absolute Gasteiger partial charge is 0.265 e. The first-order chi connectivity index (χ1) is 8.60. The molecule has 4 nitrogen and oxygen atoms in total. The van der Waals surface area contributed by atoms with Gasteiger partial charge in [-0.25, -0.2) is 0 Å². The maximum Gasteiger partial charge on any atom is 0.265 e. The maximum atomic E-state index is 11.9. The summed E-state index contributed by atoms with van der Waals surface area (Å²) in [7, 11) is 1.52. The van der Waals surface area contributed by atoms with Crippen LogP contribution in [-0.4, -0.2) is 13.0 Å². The van der Waals surface area contributed by atoms with Crippen LogP contribution in [0.4, 0.5) is 11.4 Å². The van der Waals surface area contributed by atoms with Crippen LogP contribution >= 0.6 is 22.9 Å². The first-order valence-corrected chi connectivity index (χ1v) is 6.30. The highest BCUT2D eigenvalue weighted by Gasteiger charge is 2.10. The topological polar surface area (TPSA) is 64.3 Å². The van der Waals surface area contributed by atoms with E-state index >= 15 is 0 Å². The zero-order valence-corrected chi connectivity index (χ0v) is 11.1. The van der Waals surface area contributed by atoms with Crippen LogP contribution in [-0.2, 0) is 0 Å². The summed E-state index contributed by atoms with van der Waals surface area (Å²) in [6, 6.07) is 8.42. The highest BCUT2D eigenvalue weighted by atomic mass is 35.5. The summed E-state index contributed by atoms with van der Waals surface area (Å²) in [4.78, 5) is 12.4. The lowest BCUT2D eigenvalue weighted by atomic mass is 10.2. The second-order valence-electron chi connectivity index (χ2n) is 3.51. The Morgan fingerprint density at radius 1 is 1.39 bits per heavy atom. The number of anilines is 2. The number of carbonyl (C=O) groups excluding carboxylic acids is 1. The van der Waals surface area contributed by atoms with Gasteiger partial charge in [-0.1, -0.05) is 11.6 Å². The number of amides is 1. The molecule has 0 atom stereocenters. The van der Waals surface area contributed by atoms with E-state index in [2.05, 4.69) is 5.32 Å². The Balaban J connectivity index is 2.16. The third kappa shape index (κ3) is 2.75. The van der Waals surface area contributed by atoms with Gasteiger partial charge in [0.05, 0.1) is 22.0 Å². The molecule has 0 spiro atoms. The van der Waals surface area contributed by atoms with Crippen LogP contribution in [0.3, 0.4) is 0 Å². The Morgan fingerprint density at radius 2 is 2.17 bits per heavy atom. The summed E-state index contributed by atoms with van der Waals surface area (Å²) >= 11 is 7.00. The zero-order chi connectivity index (χ0) is 13.1. The maximum absolute atomic E-state index is 11.9. The predicted molar refractivity (Wildman–Crippen MR) is 74.7 cm³/mol. The predicted octanol–water partition coefficient (Wildman–Crippen LogP) is 3.24. The van der Waals surface area contributed by atoms with E-state index < -0.39 is 0 Å². The molecule has 94 valence electrons. The summed E-state index contributed by atoms with van der Waals surface area (Å²) < 4.78 is 5.66. The number of carbonyl (C=O) groups is 1. The number of nitrogen functional groups attached to an aromatic ring is 1. The molecular weight excluding hydrogens is 272 g/mol. The van der Waals surface area contributed by atoms with Crippen molar-refractivity contribution >= 4 is 40.2 Å². The molecule has 1 amide bonds. The van der Waals surface area contributed by atoms with Crippen LogP contribution in [0.15, 0.2) is 30.3 Å². The van der Waals surface area contributed by atoms with Gasteiger partial charge < -0.3 is 15.8 Å². The molecule has 2 rings (SSSR count). The molecule has 3 N–H and O–H groups in total. The molecule has 0 saturated heterocycles. The quantitative estimate of drug-likeness (QED) is 0.850. The van der Waals surface area contributed by atoms with Gasteiger partial charge in [0.1, 0.15) is 5.75 Å². The summed E-state index contributed by atoms with van der Waals surface area (Å²) in [6.07, 6.45) is 0. The number of rotatable bonds is 3. The van der Waals surface area contributed by atoms with E-state index in [0.29, 0.717) is 26.3 Å². The van der Waals surface area contributed by atoms with E-state index in [0.717, 1.165) is 0 Å². The Kier molecular flexibility index (Phi) is 3.74. The molecule has 0 saturated carbocycles. The van der Waals surface area contributed by atoms with Crippen LogP contribution in [0.5, 0.6) is 5.75 Å². The minimum absolute atomic E-state index is 0.210. The number of halogens is 1. The Bertz CT molecular complexity index is 583. The van der Waals surface area contributed by atoms with Crippen LogP contribution < -0.4 is 15.8 Å². The van der Waals surface area contributed by atoms with E-state index in [-0.39, 0.29) is 5.91 Å². The number of nitrogens with one attached hydrogen (secondary N) is 1. The molecule has 0 unspecified atom stereocenters. The number of nitrogens with two attached hydrogens (primary N) is 1. The van der Waals surface area contributed by atoms with E-state index in [1.807, 2.05) is 0 Å². The average molecular weight is 283 g/mol. The third-order valence-electron chi connectivity index (χ3n) is 2.29. The van der Waals surface area contributed by atoms with E-state index in [1.54, 1.807) is 30.3 Å². The zero-order valence-electron chi connectivity index (χ0n) is 9.57. The lowest BCUT2D eigenvalue weighted by molar-refractivity contribution is 0.103. The molecule has 0 radical (unpaired) electrons. The molecular formula is C12H11ClN2O2S. The Hall–Kier alpha value is -1.72. The lowest BCUT2D eigenvalue weighted by Gasteiger charge is -2.08. The van der Waals surface area contributed by atoms with Gasteiger partial charge >= 0.3 is 0 Å². The molecule has 1 heterocycles. The fourth-order valence-corrected chi connectivity index (χ4v) is 2.36. The molecule has 1 aromatic heterocycles. The molecule has 0 aliphatic heterocycles. The summed E-state index contributed by atoms with van der Waals surface area (Å²) in [5, 5.41) is 2.75. The number of thiophene rings is 1. The van der Waals surface area contributed by atoms with E-state index in [4.69, 9.17) is 22.1 Å². The summed E-state index contributed by atoms with van der Waals surface area (Å²) in [5.41, 5.74) is 6.84. The van der Waals surface area contributed by atoms with Crippen molar-refractivity contribution in [2.24, 2.45) is 0 Å². The van der Waals surface area contributed by atoms with E-state index in [9.17, 15) is 4.79 Å². The minimum atomic E-state index is -0.210. The van der Waals surface area contributed by atoms with Gasteiger partial charge in [0.25, 0.3) is 5.91 Å². The van der Waals surface area contributed by atoms with Gasteiger partial charge in [0, 0.05) is 11.8 Å². The molecule has 0 fully saturated rings. The van der Waals surface area contributed by atoms with Crippen molar-refractivity contribution < 1.29 is 9.53 Å². The monoisotopic (exact) mass is 282 g/mol. The summed E-state index contributed by atoms with van der Waals surface area (Å²) in [5.74, 6) is 0.315. The van der Waals surface area contributed by atoms with Crippen molar-refractivity contribution in [1.29, 1.82) is 0 Å². The molecule has 2 aromatic rings. The van der Waals surface area contributed by atoms with Crippen molar-refractivity contribution in [3.8, 4) is 5.75 Å². The van der Waals surface area contributed by atoms with Gasteiger partial charge in [-0.15, -0.1) is 11.3 Å². The molecule has 6 heteroatoms. The number of hydrogen-bond acceptors (Lipinski definition) is 4. The second kappa shape index (κ2) is 5.29. The Morgan fingerprint density at radius 3 is 2.78 bits per heavy atom. The fraction of sp³-hybridized carbons (Fsp3) is 0.0833. The van der Waals surface area contributed by atoms with Crippen LogP contribution in [0.2, 0.25) is 4.34 Å². The second-order valence-corrected chi connectivity index (χ2v) is 5.23. The van der Waals surface area contributed by atoms with Crippen molar-refractivity contribution in [1.82, 2.24) is 0 Å². The standard InChI is InChI=1S/C12H11ClN2O2S/c1-17-9-6-7(2-3-8(9)14)15-12(16)10-4-5-11(13)18-10/h2-6H,14H2,1H3,(H,15,16). The largest absolute Gasteiger partial charge is 0.495 e. The Labute approximate surface area is 113 Å². The van der Waals surface area contributed by atoms with Gasteiger partial charge in [-0.05, 0) is 24.3 Å². The van der Waals surface area contributed by atoms with Crippen LogP contribution in [0, 0.1) is 0 Å². The highest BCUT2D eigenvalue weighted by molar-refractivity contribution is 7.18. The first kappa shape index (κ1) is 12.7. The van der Waals surface area contributed by atoms with Gasteiger partial charge in [-0.3, -0.25) is 4.79 Å². The summed E-state index contributed by atoms with van der Waals surface area (Å²) in [6.45, 7) is 0.